The molecule has 0 bridgehead atoms. The molecule has 0 aromatic rings. The molecule has 0 heterocycles. The lowest BCUT2D eigenvalue weighted by Gasteiger charge is -2.00. The molecule has 82 valence electrons. The highest BCUT2D eigenvalue weighted by Crippen LogP contribution is 2.05. The quantitative estimate of drug-likeness (QED) is 0.343. The molecule has 0 aromatic heterocycles. The summed E-state index contributed by atoms with van der Waals surface area (Å²) in [5.74, 6) is -1.06. The lowest BCUT2D eigenvalue weighted by Crippen LogP contribution is -2.16. The normalized spacial score (nSPS) is 9.86. The van der Waals surface area contributed by atoms with Crippen LogP contribution in [0.2, 0.25) is 0 Å². The number of ketones is 1. The van der Waals surface area contributed by atoms with Crippen LogP contribution in [0.4, 0.5) is 0 Å². The maximum absolute atomic E-state index is 11.1. The van der Waals surface area contributed by atoms with Crippen LogP contribution in [0.1, 0.15) is 52.4 Å². The summed E-state index contributed by atoms with van der Waals surface area (Å²) in [4.78, 5) is 22.0. The highest BCUT2D eigenvalue weighted by molar-refractivity contribution is 6.33. The number of Topliss-reactive ketones (excluding diaryl/α,β-unsaturated/α-hetero) is 1. The summed E-state index contributed by atoms with van der Waals surface area (Å²) in [7, 11) is 0. The maximum Gasteiger partial charge on any atom is 0.374 e. The van der Waals surface area contributed by atoms with Crippen molar-refractivity contribution in [3.8, 4) is 0 Å². The molecule has 3 heteroatoms. The summed E-state index contributed by atoms with van der Waals surface area (Å²) in [6, 6.07) is 0. The summed E-state index contributed by atoms with van der Waals surface area (Å²) in [6.07, 6.45) is 5.70. The molecule has 0 fully saturated rings. The number of rotatable bonds is 8. The van der Waals surface area contributed by atoms with Crippen molar-refractivity contribution in [2.75, 3.05) is 6.61 Å². The second-order valence-corrected chi connectivity index (χ2v) is 3.31. The Hall–Kier alpha value is -0.860. The van der Waals surface area contributed by atoms with Crippen LogP contribution < -0.4 is 0 Å². The molecule has 0 aliphatic rings. The highest BCUT2D eigenvalue weighted by atomic mass is 16.5. The average Bonchev–Trinajstić information content (AvgIpc) is 2.17. The van der Waals surface area contributed by atoms with Crippen molar-refractivity contribution in [1.29, 1.82) is 0 Å². The van der Waals surface area contributed by atoms with Gasteiger partial charge in [-0.2, -0.15) is 0 Å². The van der Waals surface area contributed by atoms with Crippen LogP contribution in [-0.4, -0.2) is 18.4 Å². The molecule has 14 heavy (non-hydrogen) atoms. The molecule has 0 saturated heterocycles. The third kappa shape index (κ3) is 6.63. The first kappa shape index (κ1) is 13.1. The van der Waals surface area contributed by atoms with Crippen LogP contribution >= 0.6 is 0 Å². The predicted octanol–water partition coefficient (Wildman–Crippen LogP) is 2.48. The molecule has 0 radical (unpaired) electrons. The van der Waals surface area contributed by atoms with E-state index in [4.69, 9.17) is 0 Å². The lowest BCUT2D eigenvalue weighted by atomic mass is 10.1. The summed E-state index contributed by atoms with van der Waals surface area (Å²) in [6.45, 7) is 4.12. The van der Waals surface area contributed by atoms with Gasteiger partial charge in [0.1, 0.15) is 0 Å². The number of carbonyl (C=O) groups is 2. The maximum atomic E-state index is 11.1. The third-order valence-corrected chi connectivity index (χ3v) is 2.01. The van der Waals surface area contributed by atoms with E-state index in [2.05, 4.69) is 11.7 Å². The molecule has 0 aliphatic carbocycles. The van der Waals surface area contributed by atoms with E-state index in [0.29, 0.717) is 6.42 Å². The van der Waals surface area contributed by atoms with E-state index in [1.165, 1.54) is 12.8 Å². The monoisotopic (exact) mass is 200 g/mol. The van der Waals surface area contributed by atoms with Gasteiger partial charge in [0, 0.05) is 6.42 Å². The van der Waals surface area contributed by atoms with Crippen LogP contribution in [0.3, 0.4) is 0 Å². The predicted molar refractivity (Wildman–Crippen MR) is 55.0 cm³/mol. The van der Waals surface area contributed by atoms with Crippen molar-refractivity contribution in [2.45, 2.75) is 52.4 Å². The van der Waals surface area contributed by atoms with Crippen molar-refractivity contribution in [3.05, 3.63) is 0 Å². The SMILES string of the molecule is CCCCCCCC(=O)C(=O)OCC. The van der Waals surface area contributed by atoms with E-state index in [9.17, 15) is 9.59 Å². The molecular weight excluding hydrogens is 180 g/mol. The van der Waals surface area contributed by atoms with Gasteiger partial charge in [0.2, 0.25) is 5.78 Å². The molecule has 0 N–H and O–H groups in total. The Morgan fingerprint density at radius 2 is 1.64 bits per heavy atom. The van der Waals surface area contributed by atoms with Crippen LogP contribution in [0.25, 0.3) is 0 Å². The fraction of sp³-hybridized carbons (Fsp3) is 0.818. The number of ether oxygens (including phenoxy) is 1. The molecule has 0 unspecified atom stereocenters. The van der Waals surface area contributed by atoms with Crippen molar-refractivity contribution in [1.82, 2.24) is 0 Å². The summed E-state index contributed by atoms with van der Waals surface area (Å²) >= 11 is 0. The smallest absolute Gasteiger partial charge is 0.374 e. The van der Waals surface area contributed by atoms with Crippen LogP contribution in [-0.2, 0) is 14.3 Å². The Bertz CT molecular complexity index is 175. The minimum atomic E-state index is -0.678. The topological polar surface area (TPSA) is 43.4 Å². The van der Waals surface area contributed by atoms with E-state index >= 15 is 0 Å². The van der Waals surface area contributed by atoms with E-state index < -0.39 is 5.97 Å². The number of unbranched alkanes of at least 4 members (excludes halogenated alkanes) is 4. The molecule has 3 nitrogen and oxygen atoms in total. The van der Waals surface area contributed by atoms with Gasteiger partial charge in [-0.15, -0.1) is 0 Å². The van der Waals surface area contributed by atoms with Crippen molar-refractivity contribution in [3.63, 3.8) is 0 Å². The number of hydrogen-bond acceptors (Lipinski definition) is 3. The van der Waals surface area contributed by atoms with Crippen molar-refractivity contribution in [2.24, 2.45) is 0 Å². The zero-order valence-corrected chi connectivity index (χ0v) is 9.17. The minimum absolute atomic E-state index is 0.278. The van der Waals surface area contributed by atoms with E-state index in [-0.39, 0.29) is 12.4 Å². The Labute approximate surface area is 85.8 Å². The fourth-order valence-electron chi connectivity index (χ4n) is 1.20. The third-order valence-electron chi connectivity index (χ3n) is 2.01. The summed E-state index contributed by atoms with van der Waals surface area (Å²) in [5, 5.41) is 0. The molecular formula is C11H20O3. The molecule has 0 atom stereocenters. The Balaban J connectivity index is 3.39. The average molecular weight is 200 g/mol. The van der Waals surface area contributed by atoms with Gasteiger partial charge in [-0.3, -0.25) is 4.79 Å². The van der Waals surface area contributed by atoms with Gasteiger partial charge >= 0.3 is 5.97 Å². The molecule has 0 amide bonds. The molecule has 0 rings (SSSR count). The Morgan fingerprint density at radius 3 is 2.21 bits per heavy atom. The fourth-order valence-corrected chi connectivity index (χ4v) is 1.20. The van der Waals surface area contributed by atoms with Gasteiger partial charge in [-0.05, 0) is 13.3 Å². The van der Waals surface area contributed by atoms with E-state index in [1.54, 1.807) is 6.92 Å². The van der Waals surface area contributed by atoms with Gasteiger partial charge < -0.3 is 4.74 Å². The molecule has 0 spiro atoms. The second kappa shape index (κ2) is 8.73. The van der Waals surface area contributed by atoms with E-state index in [0.717, 1.165) is 19.3 Å². The number of hydrogen-bond donors (Lipinski definition) is 0. The number of esters is 1. The minimum Gasteiger partial charge on any atom is -0.460 e. The first-order valence-corrected chi connectivity index (χ1v) is 5.42. The first-order chi connectivity index (χ1) is 6.72. The first-order valence-electron chi connectivity index (χ1n) is 5.42. The number of carbonyl (C=O) groups excluding carboxylic acids is 2. The van der Waals surface area contributed by atoms with E-state index in [1.807, 2.05) is 0 Å². The summed E-state index contributed by atoms with van der Waals surface area (Å²) in [5.41, 5.74) is 0. The van der Waals surface area contributed by atoms with Gasteiger partial charge in [0.15, 0.2) is 0 Å². The highest BCUT2D eigenvalue weighted by Gasteiger charge is 2.13. The molecule has 0 saturated carbocycles. The Morgan fingerprint density at radius 1 is 1.00 bits per heavy atom. The van der Waals surface area contributed by atoms with Crippen molar-refractivity contribution >= 4 is 11.8 Å². The molecule has 0 aliphatic heterocycles. The van der Waals surface area contributed by atoms with Gasteiger partial charge in [-0.1, -0.05) is 32.6 Å². The zero-order chi connectivity index (χ0) is 10.8. The van der Waals surface area contributed by atoms with Crippen LogP contribution in [0.5, 0.6) is 0 Å². The second-order valence-electron chi connectivity index (χ2n) is 3.31. The lowest BCUT2D eigenvalue weighted by molar-refractivity contribution is -0.153. The largest absolute Gasteiger partial charge is 0.460 e. The van der Waals surface area contributed by atoms with Crippen LogP contribution in [0.15, 0.2) is 0 Å². The van der Waals surface area contributed by atoms with Gasteiger partial charge in [0.25, 0.3) is 0 Å². The van der Waals surface area contributed by atoms with Crippen molar-refractivity contribution < 1.29 is 14.3 Å². The van der Waals surface area contributed by atoms with Crippen LogP contribution in [0, 0.1) is 0 Å². The zero-order valence-electron chi connectivity index (χ0n) is 9.17. The van der Waals surface area contributed by atoms with Gasteiger partial charge in [0.05, 0.1) is 6.61 Å². The Kier molecular flexibility index (Phi) is 8.19. The van der Waals surface area contributed by atoms with Gasteiger partial charge in [-0.25, -0.2) is 4.79 Å². The summed E-state index contributed by atoms with van der Waals surface area (Å²) < 4.78 is 4.59. The molecule has 0 aromatic carbocycles. The standard InChI is InChI=1S/C11H20O3/c1-3-5-6-7-8-9-10(12)11(13)14-4-2/h3-9H2,1-2H3.